The van der Waals surface area contributed by atoms with E-state index >= 15 is 0 Å². The summed E-state index contributed by atoms with van der Waals surface area (Å²) < 4.78 is 76.8. The first-order valence-corrected chi connectivity index (χ1v) is 10.5. The second-order valence-electron chi connectivity index (χ2n) is 6.10. The zero-order valence-corrected chi connectivity index (χ0v) is 14.5. The molecule has 0 saturated carbocycles. The minimum atomic E-state index is -4.25. The van der Waals surface area contributed by atoms with Gasteiger partial charge in [0.2, 0.25) is 10.0 Å². The van der Waals surface area contributed by atoms with Gasteiger partial charge >= 0.3 is 0 Å². The molecule has 0 N–H and O–H groups in total. The second-order valence-corrected chi connectivity index (χ2v) is 10.2. The molecule has 1 aliphatic rings. The summed E-state index contributed by atoms with van der Waals surface area (Å²) >= 11 is 0. The van der Waals surface area contributed by atoms with E-state index in [2.05, 4.69) is 0 Å². The second kappa shape index (κ2) is 6.45. The van der Waals surface area contributed by atoms with Crippen LogP contribution in [0.2, 0.25) is 0 Å². The first-order valence-electron chi connectivity index (χ1n) is 7.20. The third kappa shape index (κ3) is 4.07. The molecule has 1 aliphatic heterocycles. The highest BCUT2D eigenvalue weighted by Gasteiger charge is 2.39. The molecule has 0 spiro atoms. The van der Waals surface area contributed by atoms with E-state index in [0.717, 1.165) is 16.4 Å². The van der Waals surface area contributed by atoms with Gasteiger partial charge in [0.25, 0.3) is 0 Å². The Morgan fingerprint density at radius 1 is 1.30 bits per heavy atom. The highest BCUT2D eigenvalue weighted by molar-refractivity contribution is 7.92. The van der Waals surface area contributed by atoms with Crippen molar-refractivity contribution in [2.75, 3.05) is 18.1 Å². The van der Waals surface area contributed by atoms with Crippen LogP contribution in [0, 0.1) is 17.6 Å². The Bertz CT molecular complexity index is 791. The van der Waals surface area contributed by atoms with Gasteiger partial charge in [-0.1, -0.05) is 13.8 Å². The van der Waals surface area contributed by atoms with Gasteiger partial charge in [-0.3, -0.25) is 0 Å². The van der Waals surface area contributed by atoms with Crippen molar-refractivity contribution in [3.05, 3.63) is 29.8 Å². The quantitative estimate of drug-likeness (QED) is 0.796. The molecule has 0 aromatic heterocycles. The van der Waals surface area contributed by atoms with Crippen molar-refractivity contribution in [3.63, 3.8) is 0 Å². The molecular formula is C14H19F2NO4S2. The molecular weight excluding hydrogens is 348 g/mol. The molecule has 1 heterocycles. The summed E-state index contributed by atoms with van der Waals surface area (Å²) in [6.07, 6.45) is 0.178. The van der Waals surface area contributed by atoms with Crippen LogP contribution in [-0.4, -0.2) is 45.2 Å². The van der Waals surface area contributed by atoms with E-state index in [9.17, 15) is 25.6 Å². The van der Waals surface area contributed by atoms with Crippen molar-refractivity contribution >= 4 is 19.9 Å². The predicted octanol–water partition coefficient (Wildman–Crippen LogP) is 1.80. The zero-order valence-electron chi connectivity index (χ0n) is 12.9. The Kier molecular flexibility index (Phi) is 5.12. The fourth-order valence-electron chi connectivity index (χ4n) is 2.62. The highest BCUT2D eigenvalue weighted by Crippen LogP contribution is 2.27. The first-order chi connectivity index (χ1) is 10.5. The van der Waals surface area contributed by atoms with Gasteiger partial charge < -0.3 is 0 Å². The molecule has 1 saturated heterocycles. The number of benzene rings is 1. The Balaban J connectivity index is 2.45. The van der Waals surface area contributed by atoms with Crippen LogP contribution >= 0.6 is 0 Å². The number of sulfonamides is 1. The summed E-state index contributed by atoms with van der Waals surface area (Å²) in [5.74, 6) is -2.49. The van der Waals surface area contributed by atoms with Crippen LogP contribution in [0.1, 0.15) is 20.3 Å². The number of halogens is 2. The average molecular weight is 367 g/mol. The molecule has 23 heavy (non-hydrogen) atoms. The minimum Gasteiger partial charge on any atom is -0.229 e. The van der Waals surface area contributed by atoms with Crippen LogP contribution in [0.25, 0.3) is 0 Å². The van der Waals surface area contributed by atoms with Gasteiger partial charge in [0.05, 0.1) is 11.5 Å². The maximum Gasteiger partial charge on any atom is 0.246 e. The fraction of sp³-hybridized carbons (Fsp3) is 0.571. The minimum absolute atomic E-state index is 0.0688. The molecule has 0 aliphatic carbocycles. The van der Waals surface area contributed by atoms with Crippen molar-refractivity contribution in [3.8, 4) is 0 Å². The lowest BCUT2D eigenvalue weighted by Crippen LogP contribution is -2.43. The zero-order chi connectivity index (χ0) is 17.4. The predicted molar refractivity (Wildman–Crippen MR) is 82.1 cm³/mol. The van der Waals surface area contributed by atoms with Gasteiger partial charge in [-0.15, -0.1) is 0 Å². The van der Waals surface area contributed by atoms with Crippen molar-refractivity contribution in [1.82, 2.24) is 4.31 Å². The molecule has 9 heteroatoms. The molecule has 1 aromatic rings. The van der Waals surface area contributed by atoms with E-state index in [4.69, 9.17) is 0 Å². The van der Waals surface area contributed by atoms with Gasteiger partial charge in [-0.25, -0.2) is 25.6 Å². The Hall–Kier alpha value is -1.06. The molecule has 130 valence electrons. The van der Waals surface area contributed by atoms with E-state index < -0.39 is 42.4 Å². The molecule has 0 bridgehead atoms. The summed E-state index contributed by atoms with van der Waals surface area (Å²) in [5.41, 5.74) is 0. The van der Waals surface area contributed by atoms with Crippen LogP contribution in [0.15, 0.2) is 23.1 Å². The SMILES string of the molecule is CC(C)CN(C1CCS(=O)(=O)C1)S(=O)(=O)c1ccc(F)cc1F. The Morgan fingerprint density at radius 2 is 1.96 bits per heavy atom. The molecule has 2 rings (SSSR count). The maximum atomic E-state index is 13.9. The van der Waals surface area contributed by atoms with Crippen LogP contribution < -0.4 is 0 Å². The van der Waals surface area contributed by atoms with Crippen LogP contribution in [0.3, 0.4) is 0 Å². The molecule has 0 amide bonds. The summed E-state index contributed by atoms with van der Waals surface area (Å²) in [5, 5.41) is 0. The third-order valence-electron chi connectivity index (χ3n) is 3.64. The number of nitrogens with zero attached hydrogens (tertiary/aromatic N) is 1. The van der Waals surface area contributed by atoms with Gasteiger partial charge in [-0.05, 0) is 24.5 Å². The van der Waals surface area contributed by atoms with Crippen molar-refractivity contribution < 1.29 is 25.6 Å². The topological polar surface area (TPSA) is 71.5 Å². The van der Waals surface area contributed by atoms with E-state index in [1.54, 1.807) is 13.8 Å². The van der Waals surface area contributed by atoms with Gasteiger partial charge in [0.15, 0.2) is 9.84 Å². The number of rotatable bonds is 5. The van der Waals surface area contributed by atoms with E-state index in [-0.39, 0.29) is 30.4 Å². The highest BCUT2D eigenvalue weighted by atomic mass is 32.2. The lowest BCUT2D eigenvalue weighted by atomic mass is 10.2. The van der Waals surface area contributed by atoms with Gasteiger partial charge in [0.1, 0.15) is 16.5 Å². The first kappa shape index (κ1) is 18.3. The van der Waals surface area contributed by atoms with E-state index in [0.29, 0.717) is 6.07 Å². The Labute approximate surface area is 135 Å². The summed E-state index contributed by atoms with van der Waals surface area (Å²) in [7, 11) is -7.55. The molecule has 1 unspecified atom stereocenters. The molecule has 1 fully saturated rings. The monoisotopic (exact) mass is 367 g/mol. The largest absolute Gasteiger partial charge is 0.246 e. The van der Waals surface area contributed by atoms with Crippen LogP contribution in [0.4, 0.5) is 8.78 Å². The fourth-order valence-corrected chi connectivity index (χ4v) is 6.31. The van der Waals surface area contributed by atoms with Crippen molar-refractivity contribution in [2.24, 2.45) is 5.92 Å². The summed E-state index contributed by atoms with van der Waals surface area (Å²) in [6.45, 7) is 3.64. The number of sulfone groups is 1. The molecule has 0 radical (unpaired) electrons. The molecule has 5 nitrogen and oxygen atoms in total. The molecule has 1 aromatic carbocycles. The third-order valence-corrected chi connectivity index (χ3v) is 7.34. The molecule has 1 atom stereocenters. The van der Waals surface area contributed by atoms with Gasteiger partial charge in [-0.2, -0.15) is 4.31 Å². The number of hydrogen-bond donors (Lipinski definition) is 0. The van der Waals surface area contributed by atoms with Crippen LogP contribution in [0.5, 0.6) is 0 Å². The lowest BCUT2D eigenvalue weighted by Gasteiger charge is -2.29. The average Bonchev–Trinajstić information content (AvgIpc) is 2.75. The summed E-state index contributed by atoms with van der Waals surface area (Å²) in [6, 6.07) is 1.52. The smallest absolute Gasteiger partial charge is 0.229 e. The normalized spacial score (nSPS) is 21.2. The van der Waals surface area contributed by atoms with Gasteiger partial charge in [0, 0.05) is 18.7 Å². The Morgan fingerprint density at radius 3 is 2.43 bits per heavy atom. The van der Waals surface area contributed by atoms with Crippen LogP contribution in [-0.2, 0) is 19.9 Å². The maximum absolute atomic E-state index is 13.9. The standard InChI is InChI=1S/C14H19F2NO4S2/c1-10(2)8-17(12-5-6-22(18,19)9-12)23(20,21)14-4-3-11(15)7-13(14)16/h3-4,7,10,12H,5-6,8-9H2,1-2H3. The number of hydrogen-bond acceptors (Lipinski definition) is 4. The van der Waals surface area contributed by atoms with E-state index in [1.807, 2.05) is 0 Å². The van der Waals surface area contributed by atoms with Crippen molar-refractivity contribution in [2.45, 2.75) is 31.2 Å². The lowest BCUT2D eigenvalue weighted by molar-refractivity contribution is 0.306. The summed E-state index contributed by atoms with van der Waals surface area (Å²) in [4.78, 5) is -0.635. The van der Waals surface area contributed by atoms with E-state index in [1.165, 1.54) is 0 Å². The van der Waals surface area contributed by atoms with Crippen molar-refractivity contribution in [1.29, 1.82) is 0 Å².